The van der Waals surface area contributed by atoms with Crippen LogP contribution in [0.3, 0.4) is 0 Å². The quantitative estimate of drug-likeness (QED) is 0.683. The summed E-state index contributed by atoms with van der Waals surface area (Å²) in [4.78, 5) is 10.9. The lowest BCUT2D eigenvalue weighted by atomic mass is 10.1. The molecule has 2 aromatic rings. The first-order valence-electron chi connectivity index (χ1n) is 5.82. The highest BCUT2D eigenvalue weighted by atomic mass is 15.2. The van der Waals surface area contributed by atoms with E-state index in [0.29, 0.717) is 5.72 Å². The molecule has 1 fully saturated rings. The summed E-state index contributed by atoms with van der Waals surface area (Å²) < 4.78 is 0. The number of aromatic nitrogens is 2. The molecule has 1 N–H and O–H groups in total. The average molecular weight is 224 g/mol. The summed E-state index contributed by atoms with van der Waals surface area (Å²) in [6.45, 7) is 3.89. The van der Waals surface area contributed by atoms with Crippen molar-refractivity contribution in [1.82, 2.24) is 15.3 Å². The van der Waals surface area contributed by atoms with Crippen molar-refractivity contribution in [2.24, 2.45) is 0 Å². The zero-order valence-corrected chi connectivity index (χ0v) is 9.56. The van der Waals surface area contributed by atoms with Crippen LogP contribution in [-0.4, -0.2) is 44.0 Å². The maximum atomic E-state index is 5.77. The van der Waals surface area contributed by atoms with Gasteiger partial charge in [0.05, 0.1) is 11.2 Å². The van der Waals surface area contributed by atoms with Gasteiger partial charge in [0.1, 0.15) is 5.82 Å². The van der Waals surface area contributed by atoms with Crippen LogP contribution in [0.2, 0.25) is 0 Å². The highest BCUT2D eigenvalue weighted by Gasteiger charge is 2.15. The van der Waals surface area contributed by atoms with Crippen LogP contribution in [0.5, 0.6) is 0 Å². The summed E-state index contributed by atoms with van der Waals surface area (Å²) in [5.41, 5.74) is 1.26. The maximum absolute atomic E-state index is 5.77. The van der Waals surface area contributed by atoms with Gasteiger partial charge in [0, 0.05) is 31.6 Å². The fourth-order valence-corrected chi connectivity index (χ4v) is 2.20. The summed E-state index contributed by atoms with van der Waals surface area (Å²) in [5, 5.41) is 4.40. The van der Waals surface area contributed by atoms with E-state index in [-0.39, 0.29) is 0 Å². The lowest BCUT2D eigenvalue weighted by Crippen LogP contribution is -2.44. The van der Waals surface area contributed by atoms with Crippen molar-refractivity contribution in [3.63, 3.8) is 0 Å². The maximum Gasteiger partial charge on any atom is 0.170 e. The number of fused-ring (bicyclic) bond motifs is 1. The van der Waals surface area contributed by atoms with E-state index in [2.05, 4.69) is 20.2 Å². The van der Waals surface area contributed by atoms with Gasteiger partial charge in [-0.05, 0) is 12.1 Å². The molecule has 5 heteroatoms. The summed E-state index contributed by atoms with van der Waals surface area (Å²) >= 11 is 0. The van der Waals surface area contributed by atoms with E-state index in [0.717, 1.165) is 42.9 Å². The standard InChI is InChI=1S/C12H13BN4/c13-12-15-10-4-2-1-3-9(10)11(16-12)17-7-5-14-6-8-17/h1-4,14H,5-8H2. The van der Waals surface area contributed by atoms with E-state index in [1.807, 2.05) is 24.3 Å². The van der Waals surface area contributed by atoms with Crippen LogP contribution >= 0.6 is 0 Å². The molecule has 3 rings (SSSR count). The van der Waals surface area contributed by atoms with Gasteiger partial charge in [-0.2, -0.15) is 0 Å². The highest BCUT2D eigenvalue weighted by molar-refractivity contribution is 6.29. The van der Waals surface area contributed by atoms with Gasteiger partial charge in [-0.1, -0.05) is 12.1 Å². The molecule has 0 spiro atoms. The lowest BCUT2D eigenvalue weighted by molar-refractivity contribution is 0.586. The van der Waals surface area contributed by atoms with E-state index >= 15 is 0 Å². The Morgan fingerprint density at radius 2 is 1.88 bits per heavy atom. The molecule has 0 bridgehead atoms. The largest absolute Gasteiger partial charge is 0.353 e. The molecule has 1 aliphatic rings. The van der Waals surface area contributed by atoms with Crippen LogP contribution in [0.25, 0.3) is 10.9 Å². The normalized spacial score (nSPS) is 16.4. The molecular formula is C12H13BN4. The first-order chi connectivity index (χ1) is 8.34. The molecule has 0 saturated carbocycles. The van der Waals surface area contributed by atoms with Crippen molar-refractivity contribution < 1.29 is 0 Å². The summed E-state index contributed by atoms with van der Waals surface area (Å²) in [6.07, 6.45) is 0. The summed E-state index contributed by atoms with van der Waals surface area (Å²) in [5.74, 6) is 0.953. The topological polar surface area (TPSA) is 41.1 Å². The fraction of sp³-hybridized carbons (Fsp3) is 0.333. The summed E-state index contributed by atoms with van der Waals surface area (Å²) in [7, 11) is 5.77. The Hall–Kier alpha value is -1.62. The molecule has 1 aliphatic heterocycles. The first-order valence-corrected chi connectivity index (χ1v) is 5.82. The minimum absolute atomic E-state index is 0.345. The Morgan fingerprint density at radius 3 is 2.71 bits per heavy atom. The second kappa shape index (κ2) is 4.33. The second-order valence-electron chi connectivity index (χ2n) is 4.16. The number of nitrogens with zero attached hydrogens (tertiary/aromatic N) is 3. The number of hydrogen-bond donors (Lipinski definition) is 1. The van der Waals surface area contributed by atoms with E-state index in [1.165, 1.54) is 0 Å². The Kier molecular flexibility index (Phi) is 2.69. The highest BCUT2D eigenvalue weighted by Crippen LogP contribution is 2.21. The molecule has 17 heavy (non-hydrogen) atoms. The number of hydrogen-bond acceptors (Lipinski definition) is 4. The van der Waals surface area contributed by atoms with Crippen molar-refractivity contribution in [3.05, 3.63) is 24.3 Å². The van der Waals surface area contributed by atoms with Crippen LogP contribution in [0.15, 0.2) is 24.3 Å². The number of benzene rings is 1. The third-order valence-electron chi connectivity index (χ3n) is 3.02. The van der Waals surface area contributed by atoms with E-state index in [9.17, 15) is 0 Å². The molecule has 0 unspecified atom stereocenters. The van der Waals surface area contributed by atoms with Gasteiger partial charge in [0.25, 0.3) is 0 Å². The molecular weight excluding hydrogens is 211 g/mol. The minimum Gasteiger partial charge on any atom is -0.353 e. The van der Waals surface area contributed by atoms with Gasteiger partial charge in [-0.3, -0.25) is 0 Å². The third-order valence-corrected chi connectivity index (χ3v) is 3.02. The molecule has 0 atom stereocenters. The van der Waals surface area contributed by atoms with E-state index < -0.39 is 0 Å². The molecule has 2 heterocycles. The first kappa shape index (κ1) is 10.5. The third kappa shape index (κ3) is 1.98. The van der Waals surface area contributed by atoms with Crippen LogP contribution in [0.4, 0.5) is 5.82 Å². The molecule has 4 nitrogen and oxygen atoms in total. The second-order valence-corrected chi connectivity index (χ2v) is 4.16. The van der Waals surface area contributed by atoms with Gasteiger partial charge < -0.3 is 10.2 Å². The van der Waals surface area contributed by atoms with Crippen molar-refractivity contribution in [1.29, 1.82) is 0 Å². The minimum atomic E-state index is 0.345. The van der Waals surface area contributed by atoms with Crippen molar-refractivity contribution in [3.8, 4) is 0 Å². The zero-order valence-electron chi connectivity index (χ0n) is 9.56. The number of anilines is 1. The fourth-order valence-electron chi connectivity index (χ4n) is 2.20. The predicted molar refractivity (Wildman–Crippen MR) is 70.0 cm³/mol. The Bertz CT molecular complexity index is 537. The van der Waals surface area contributed by atoms with E-state index in [1.54, 1.807) is 0 Å². The van der Waals surface area contributed by atoms with Crippen molar-refractivity contribution in [2.45, 2.75) is 0 Å². The van der Waals surface area contributed by atoms with Crippen molar-refractivity contribution >= 4 is 30.3 Å². The Morgan fingerprint density at radius 1 is 1.12 bits per heavy atom. The van der Waals surface area contributed by atoms with Crippen LogP contribution in [0, 0.1) is 0 Å². The summed E-state index contributed by atoms with van der Waals surface area (Å²) in [6, 6.07) is 8.00. The molecule has 84 valence electrons. The number of para-hydroxylation sites is 1. The number of rotatable bonds is 1. The zero-order chi connectivity index (χ0) is 11.7. The van der Waals surface area contributed by atoms with Crippen LogP contribution in [-0.2, 0) is 0 Å². The molecule has 1 aromatic heterocycles. The van der Waals surface area contributed by atoms with Gasteiger partial charge in [0.2, 0.25) is 0 Å². The monoisotopic (exact) mass is 224 g/mol. The van der Waals surface area contributed by atoms with Crippen LogP contribution in [0.1, 0.15) is 0 Å². The van der Waals surface area contributed by atoms with Gasteiger partial charge in [0.15, 0.2) is 7.85 Å². The van der Waals surface area contributed by atoms with Gasteiger partial charge in [-0.15, -0.1) is 0 Å². The van der Waals surface area contributed by atoms with Gasteiger partial charge >= 0.3 is 0 Å². The molecule has 1 saturated heterocycles. The Labute approximate surface area is 101 Å². The predicted octanol–water partition coefficient (Wildman–Crippen LogP) is -0.167. The molecule has 2 radical (unpaired) electrons. The molecule has 0 aliphatic carbocycles. The lowest BCUT2D eigenvalue weighted by Gasteiger charge is -2.29. The SMILES string of the molecule is [B]c1nc(N2CCNCC2)c2ccccc2n1. The average Bonchev–Trinajstić information content (AvgIpc) is 2.39. The smallest absolute Gasteiger partial charge is 0.170 e. The number of piperazine rings is 1. The number of nitrogens with one attached hydrogen (secondary N) is 1. The molecule has 0 amide bonds. The van der Waals surface area contributed by atoms with Gasteiger partial charge in [-0.25, -0.2) is 9.97 Å². The molecule has 1 aromatic carbocycles. The van der Waals surface area contributed by atoms with E-state index in [4.69, 9.17) is 7.85 Å². The van der Waals surface area contributed by atoms with Crippen molar-refractivity contribution in [2.75, 3.05) is 31.1 Å². The Balaban J connectivity index is 2.13. The van der Waals surface area contributed by atoms with Crippen LogP contribution < -0.4 is 15.9 Å².